The molecule has 2 aromatic rings. The largest absolute Gasteiger partial charge is 0.445 e. The van der Waals surface area contributed by atoms with Gasteiger partial charge in [-0.15, -0.1) is 0 Å². The van der Waals surface area contributed by atoms with E-state index in [1.165, 1.54) is 0 Å². The van der Waals surface area contributed by atoms with E-state index < -0.39 is 6.09 Å². The van der Waals surface area contributed by atoms with E-state index in [1.807, 2.05) is 30.3 Å². The van der Waals surface area contributed by atoms with Crippen LogP contribution in [0.1, 0.15) is 11.3 Å². The number of carbonyl (C=O) groups is 1. The molecule has 0 aliphatic carbocycles. The number of hydrogen-bond donors (Lipinski definition) is 1. The Hall–Kier alpha value is -2.33. The second kappa shape index (κ2) is 8.07. The SMILES string of the molecule is O=C(NCC=Cc1ncccc1Cl)OCc1ccccc1. The quantitative estimate of drug-likeness (QED) is 0.916. The summed E-state index contributed by atoms with van der Waals surface area (Å²) in [6, 6.07) is 13.0. The molecule has 108 valence electrons. The summed E-state index contributed by atoms with van der Waals surface area (Å²) in [5.41, 5.74) is 1.61. The number of ether oxygens (including phenoxy) is 1. The van der Waals surface area contributed by atoms with Crippen molar-refractivity contribution in [1.82, 2.24) is 10.3 Å². The van der Waals surface area contributed by atoms with Crippen LogP contribution in [0.25, 0.3) is 6.08 Å². The molecular formula is C16H15ClN2O2. The minimum absolute atomic E-state index is 0.252. The number of nitrogens with zero attached hydrogens (tertiary/aromatic N) is 1. The Bertz CT molecular complexity index is 615. The van der Waals surface area contributed by atoms with Gasteiger partial charge in [0.15, 0.2) is 0 Å². The number of rotatable bonds is 5. The summed E-state index contributed by atoms with van der Waals surface area (Å²) in [5.74, 6) is 0. The highest BCUT2D eigenvalue weighted by Crippen LogP contribution is 2.12. The van der Waals surface area contributed by atoms with Gasteiger partial charge in [0, 0.05) is 12.7 Å². The van der Waals surface area contributed by atoms with Gasteiger partial charge in [-0.3, -0.25) is 4.98 Å². The van der Waals surface area contributed by atoms with E-state index in [1.54, 1.807) is 30.5 Å². The van der Waals surface area contributed by atoms with Crippen LogP contribution in [0.2, 0.25) is 5.02 Å². The zero-order chi connectivity index (χ0) is 14.9. The lowest BCUT2D eigenvalue weighted by molar-refractivity contribution is 0.141. The predicted octanol–water partition coefficient (Wildman–Crippen LogP) is 3.67. The number of halogens is 1. The van der Waals surface area contributed by atoms with Crippen molar-refractivity contribution in [3.63, 3.8) is 0 Å². The number of alkyl carbamates (subject to hydrolysis) is 1. The van der Waals surface area contributed by atoms with Crippen molar-refractivity contribution in [1.29, 1.82) is 0 Å². The van der Waals surface area contributed by atoms with Gasteiger partial charge in [-0.05, 0) is 23.8 Å². The van der Waals surface area contributed by atoms with Gasteiger partial charge < -0.3 is 10.1 Å². The molecule has 0 unspecified atom stereocenters. The van der Waals surface area contributed by atoms with E-state index in [9.17, 15) is 4.79 Å². The van der Waals surface area contributed by atoms with Crippen molar-refractivity contribution < 1.29 is 9.53 Å². The Morgan fingerprint density at radius 3 is 2.81 bits per heavy atom. The van der Waals surface area contributed by atoms with Gasteiger partial charge in [-0.2, -0.15) is 0 Å². The van der Waals surface area contributed by atoms with Crippen LogP contribution in [-0.2, 0) is 11.3 Å². The van der Waals surface area contributed by atoms with Gasteiger partial charge in [-0.25, -0.2) is 4.79 Å². The van der Waals surface area contributed by atoms with Crippen LogP contribution < -0.4 is 5.32 Å². The number of carbonyl (C=O) groups excluding carboxylic acids is 1. The molecule has 0 atom stereocenters. The number of pyridine rings is 1. The lowest BCUT2D eigenvalue weighted by Crippen LogP contribution is -2.24. The molecule has 0 aliphatic heterocycles. The number of nitrogens with one attached hydrogen (secondary N) is 1. The molecule has 0 fully saturated rings. The number of aromatic nitrogens is 1. The average Bonchev–Trinajstić information content (AvgIpc) is 2.52. The first-order valence-electron chi connectivity index (χ1n) is 6.47. The van der Waals surface area contributed by atoms with Gasteiger partial charge >= 0.3 is 6.09 Å². The van der Waals surface area contributed by atoms with E-state index in [0.717, 1.165) is 5.56 Å². The van der Waals surface area contributed by atoms with Crippen molar-refractivity contribution in [2.45, 2.75) is 6.61 Å². The maximum absolute atomic E-state index is 11.5. The monoisotopic (exact) mass is 302 g/mol. The van der Waals surface area contributed by atoms with Gasteiger partial charge in [0.05, 0.1) is 10.7 Å². The van der Waals surface area contributed by atoms with Gasteiger partial charge in [0.2, 0.25) is 0 Å². The fraction of sp³-hybridized carbons (Fsp3) is 0.125. The standard InChI is InChI=1S/C16H15ClN2O2/c17-14-8-4-10-18-15(14)9-5-11-19-16(20)21-12-13-6-2-1-3-7-13/h1-10H,11-12H2,(H,19,20). The maximum Gasteiger partial charge on any atom is 0.407 e. The Morgan fingerprint density at radius 2 is 2.05 bits per heavy atom. The molecule has 1 heterocycles. The second-order valence-corrected chi connectivity index (χ2v) is 4.62. The van der Waals surface area contributed by atoms with Crippen LogP contribution in [0.3, 0.4) is 0 Å². The van der Waals surface area contributed by atoms with Gasteiger partial charge in [-0.1, -0.05) is 48.0 Å². The van der Waals surface area contributed by atoms with E-state index in [-0.39, 0.29) is 6.61 Å². The number of hydrogen-bond acceptors (Lipinski definition) is 3. The summed E-state index contributed by atoms with van der Waals surface area (Å²) < 4.78 is 5.08. The molecule has 1 aromatic heterocycles. The molecule has 0 saturated heterocycles. The van der Waals surface area contributed by atoms with Crippen LogP contribution in [0.5, 0.6) is 0 Å². The molecule has 0 radical (unpaired) electrons. The Labute approximate surface area is 128 Å². The summed E-state index contributed by atoms with van der Waals surface area (Å²) in [6.45, 7) is 0.600. The molecule has 4 nitrogen and oxygen atoms in total. The van der Waals surface area contributed by atoms with Crippen molar-refractivity contribution >= 4 is 23.8 Å². The lowest BCUT2D eigenvalue weighted by atomic mass is 10.2. The first kappa shape index (κ1) is 15.1. The highest BCUT2D eigenvalue weighted by Gasteiger charge is 2.00. The van der Waals surface area contributed by atoms with E-state index >= 15 is 0 Å². The zero-order valence-corrected chi connectivity index (χ0v) is 12.1. The van der Waals surface area contributed by atoms with Crippen LogP contribution in [0, 0.1) is 0 Å². The molecule has 0 aliphatic rings. The summed E-state index contributed by atoms with van der Waals surface area (Å²) in [5, 5.41) is 3.19. The third-order valence-corrected chi connectivity index (χ3v) is 2.96. The summed E-state index contributed by atoms with van der Waals surface area (Å²) in [4.78, 5) is 15.6. The summed E-state index contributed by atoms with van der Waals surface area (Å²) >= 11 is 5.96. The molecule has 1 aromatic carbocycles. The lowest BCUT2D eigenvalue weighted by Gasteiger charge is -2.05. The molecule has 1 N–H and O–H groups in total. The second-order valence-electron chi connectivity index (χ2n) is 4.22. The van der Waals surface area contributed by atoms with E-state index in [0.29, 0.717) is 17.3 Å². The van der Waals surface area contributed by atoms with Crippen LogP contribution in [0.4, 0.5) is 4.79 Å². The fourth-order valence-corrected chi connectivity index (χ4v) is 1.79. The predicted molar refractivity (Wildman–Crippen MR) is 82.9 cm³/mol. The molecule has 1 amide bonds. The highest BCUT2D eigenvalue weighted by molar-refractivity contribution is 6.31. The summed E-state index contributed by atoms with van der Waals surface area (Å²) in [7, 11) is 0. The van der Waals surface area contributed by atoms with Gasteiger partial charge in [0.1, 0.15) is 6.61 Å². The minimum Gasteiger partial charge on any atom is -0.445 e. The van der Waals surface area contributed by atoms with Crippen LogP contribution in [-0.4, -0.2) is 17.6 Å². The fourth-order valence-electron chi connectivity index (χ4n) is 1.61. The zero-order valence-electron chi connectivity index (χ0n) is 11.3. The average molecular weight is 303 g/mol. The van der Waals surface area contributed by atoms with E-state index in [4.69, 9.17) is 16.3 Å². The molecular weight excluding hydrogens is 288 g/mol. The minimum atomic E-state index is -0.462. The Morgan fingerprint density at radius 1 is 1.24 bits per heavy atom. The molecule has 5 heteroatoms. The molecule has 0 saturated carbocycles. The maximum atomic E-state index is 11.5. The normalized spacial score (nSPS) is 10.5. The van der Waals surface area contributed by atoms with Crippen molar-refractivity contribution in [3.8, 4) is 0 Å². The molecule has 21 heavy (non-hydrogen) atoms. The molecule has 0 bridgehead atoms. The third-order valence-electron chi connectivity index (χ3n) is 2.64. The molecule has 0 spiro atoms. The van der Waals surface area contributed by atoms with Crippen molar-refractivity contribution in [2.24, 2.45) is 0 Å². The Balaban J connectivity index is 1.71. The van der Waals surface area contributed by atoms with Crippen molar-refractivity contribution in [2.75, 3.05) is 6.54 Å². The first-order valence-corrected chi connectivity index (χ1v) is 6.85. The Kier molecular flexibility index (Phi) is 5.79. The van der Waals surface area contributed by atoms with Gasteiger partial charge in [0.25, 0.3) is 0 Å². The number of amides is 1. The summed E-state index contributed by atoms with van der Waals surface area (Å²) in [6.07, 6.45) is 4.71. The topological polar surface area (TPSA) is 51.2 Å². The smallest absolute Gasteiger partial charge is 0.407 e. The molecule has 2 rings (SSSR count). The highest BCUT2D eigenvalue weighted by atomic mass is 35.5. The van der Waals surface area contributed by atoms with E-state index in [2.05, 4.69) is 10.3 Å². The first-order chi connectivity index (χ1) is 10.3. The third kappa shape index (κ3) is 5.28. The van der Waals surface area contributed by atoms with Crippen LogP contribution >= 0.6 is 11.6 Å². The van der Waals surface area contributed by atoms with Crippen LogP contribution in [0.15, 0.2) is 54.7 Å². The number of benzene rings is 1. The van der Waals surface area contributed by atoms with Crippen molar-refractivity contribution in [3.05, 3.63) is 71.0 Å².